The van der Waals surface area contributed by atoms with Crippen LogP contribution in [0.2, 0.25) is 0 Å². The molecule has 1 aromatic heterocycles. The van der Waals surface area contributed by atoms with Crippen molar-refractivity contribution >= 4 is 17.1 Å². The molecule has 4 aromatic rings. The molecule has 0 spiro atoms. The van der Waals surface area contributed by atoms with Crippen LogP contribution in [0.25, 0.3) is 22.8 Å². The lowest BCUT2D eigenvalue weighted by Crippen LogP contribution is -2.43. The van der Waals surface area contributed by atoms with Gasteiger partial charge in [-0.3, -0.25) is 30.3 Å². The Bertz CT molecular complexity index is 1260. The number of hydrogen-bond donors (Lipinski definition) is 0. The van der Waals surface area contributed by atoms with Gasteiger partial charge in [0.05, 0.1) is 25.4 Å². The Morgan fingerprint density at radius 1 is 0.656 bits per heavy atom. The lowest BCUT2D eigenvalue weighted by atomic mass is 10.2. The van der Waals surface area contributed by atoms with Crippen LogP contribution in [-0.4, -0.2) is 29.8 Å². The molecule has 0 amide bonds. The second-order valence-electron chi connectivity index (χ2n) is 6.45. The molecule has 4 rings (SSSR count). The van der Waals surface area contributed by atoms with Crippen LogP contribution in [0.1, 0.15) is 0 Å². The number of nitrogens with zero attached hydrogens (tertiary/aromatic N) is 7. The first kappa shape index (κ1) is 20.2. The van der Waals surface area contributed by atoms with Gasteiger partial charge in [-0.25, -0.2) is 0 Å². The molecule has 13 heteroatoms. The summed E-state index contributed by atoms with van der Waals surface area (Å²) in [6, 6.07) is 16.8. The second-order valence-corrected chi connectivity index (χ2v) is 6.45. The molecule has 0 aliphatic heterocycles. The summed E-state index contributed by atoms with van der Waals surface area (Å²) >= 11 is 0. The van der Waals surface area contributed by atoms with Crippen LogP contribution in [0.3, 0.4) is 0 Å². The van der Waals surface area contributed by atoms with E-state index in [1.807, 2.05) is 0 Å². The van der Waals surface area contributed by atoms with Crippen molar-refractivity contribution < 1.29 is 19.6 Å². The molecule has 0 aliphatic rings. The largest absolute Gasteiger partial charge is 0.340 e. The summed E-state index contributed by atoms with van der Waals surface area (Å²) in [6.45, 7) is 0. The molecule has 32 heavy (non-hydrogen) atoms. The predicted octanol–water partition coefficient (Wildman–Crippen LogP) is 2.94. The van der Waals surface area contributed by atoms with Crippen LogP contribution >= 0.6 is 0 Å². The molecule has 0 aliphatic carbocycles. The molecule has 0 radical (unpaired) electrons. The van der Waals surface area contributed by atoms with E-state index in [0.29, 0.717) is 16.9 Å². The van der Waals surface area contributed by atoms with Crippen molar-refractivity contribution in [2.45, 2.75) is 0 Å². The number of aromatic nitrogens is 4. The summed E-state index contributed by atoms with van der Waals surface area (Å²) < 4.78 is 0. The van der Waals surface area contributed by atoms with Crippen molar-refractivity contribution in [2.24, 2.45) is 0 Å². The summed E-state index contributed by atoms with van der Waals surface area (Å²) in [5.74, 6) is 0.219. The van der Waals surface area contributed by atoms with Gasteiger partial charge in [-0.2, -0.15) is 0 Å². The smallest absolute Gasteiger partial charge is 0.258 e. The van der Waals surface area contributed by atoms with E-state index >= 15 is 0 Å². The highest BCUT2D eigenvalue weighted by atomic mass is 16.6. The van der Waals surface area contributed by atoms with Gasteiger partial charge in [0, 0.05) is 41.2 Å². The van der Waals surface area contributed by atoms with E-state index in [1.54, 1.807) is 0 Å². The van der Waals surface area contributed by atoms with Crippen LogP contribution in [0.5, 0.6) is 0 Å². The molecule has 0 bridgehead atoms. The fraction of sp³-hybridized carbons (Fsp3) is 0. The third-order valence-corrected chi connectivity index (χ3v) is 4.48. The topological polar surface area (TPSA) is 164 Å². The molecule has 0 saturated carbocycles. The zero-order valence-electron chi connectivity index (χ0n) is 16.0. The zero-order valence-corrected chi connectivity index (χ0v) is 16.0. The molecule has 0 unspecified atom stereocenters. The molecule has 0 saturated heterocycles. The predicted molar refractivity (Wildman–Crippen MR) is 108 cm³/mol. The maximum Gasteiger partial charge on any atom is 0.340 e. The molecule has 0 fully saturated rings. The van der Waals surface area contributed by atoms with E-state index in [4.69, 9.17) is 0 Å². The Hall–Kier alpha value is -5.07. The third kappa shape index (κ3) is 3.85. The second kappa shape index (κ2) is 7.98. The Morgan fingerprint density at radius 3 is 1.56 bits per heavy atom. The molecule has 13 nitrogen and oxygen atoms in total. The summed E-state index contributed by atoms with van der Waals surface area (Å²) in [6.07, 6.45) is 0. The van der Waals surface area contributed by atoms with Crippen molar-refractivity contribution in [3.05, 3.63) is 103 Å². The molecule has 3 aromatic carbocycles. The Kier molecular flexibility index (Phi) is 5.04. The molecule has 158 valence electrons. The summed E-state index contributed by atoms with van der Waals surface area (Å²) in [7, 11) is 0. The van der Waals surface area contributed by atoms with Crippen molar-refractivity contribution in [3.63, 3.8) is 0 Å². The number of hydrogen-bond acceptors (Lipinski definition) is 8. The summed E-state index contributed by atoms with van der Waals surface area (Å²) in [4.78, 5) is 33.9. The summed E-state index contributed by atoms with van der Waals surface area (Å²) in [5.41, 5.74) is 1.07. The van der Waals surface area contributed by atoms with E-state index in [1.165, 1.54) is 82.4 Å². The first-order valence-electron chi connectivity index (χ1n) is 8.97. The quantitative estimate of drug-likeness (QED) is 0.254. The lowest BCUT2D eigenvalue weighted by Gasteiger charge is -1.99. The van der Waals surface area contributed by atoms with Crippen molar-refractivity contribution in [2.75, 3.05) is 0 Å². The van der Waals surface area contributed by atoms with Crippen LogP contribution in [0.4, 0.5) is 17.1 Å². The molecular formula is C19H12N7O6+. The highest BCUT2D eigenvalue weighted by molar-refractivity contribution is 5.56. The maximum absolute atomic E-state index is 11.0. The van der Waals surface area contributed by atoms with Gasteiger partial charge in [0.2, 0.25) is 0 Å². The average molecular weight is 434 g/mol. The SMILES string of the molecule is O=[N+]([O-])c1ccc(-c2nn(-c3ccc([N+](=O)[O-])cc3)[n+](-c3ccc([N+](=O)[O-])cc3)n2)cc1. The fourth-order valence-corrected chi connectivity index (χ4v) is 2.88. The molecule has 0 atom stereocenters. The van der Waals surface area contributed by atoms with E-state index < -0.39 is 14.8 Å². The Morgan fingerprint density at radius 2 is 1.09 bits per heavy atom. The van der Waals surface area contributed by atoms with Gasteiger partial charge >= 0.3 is 5.82 Å². The highest BCUT2D eigenvalue weighted by Crippen LogP contribution is 2.21. The number of non-ortho nitro benzene ring substituents is 3. The van der Waals surface area contributed by atoms with Crippen LogP contribution < -0.4 is 4.80 Å². The standard InChI is InChI=1S/C19H12N7O6/c27-24(28)16-3-1-13(2-4-16)19-20-22(14-5-9-17(10-6-14)25(29)30)23(21-19)15-7-11-18(12-8-15)26(31)32/h1-12H/q+1. The van der Waals surface area contributed by atoms with Gasteiger partial charge in [0.15, 0.2) is 5.69 Å². The Labute approximate surface area is 178 Å². The van der Waals surface area contributed by atoms with Crippen LogP contribution in [-0.2, 0) is 0 Å². The van der Waals surface area contributed by atoms with Gasteiger partial charge in [-0.1, -0.05) is 0 Å². The number of tetrazole rings is 1. The minimum atomic E-state index is -0.530. The van der Waals surface area contributed by atoms with Crippen molar-refractivity contribution in [3.8, 4) is 22.8 Å². The fourth-order valence-electron chi connectivity index (χ4n) is 2.88. The van der Waals surface area contributed by atoms with Crippen LogP contribution in [0, 0.1) is 30.3 Å². The van der Waals surface area contributed by atoms with Gasteiger partial charge in [0.1, 0.15) is 5.69 Å². The number of nitro groups is 3. The number of benzene rings is 3. The van der Waals surface area contributed by atoms with Gasteiger partial charge < -0.3 is 0 Å². The van der Waals surface area contributed by atoms with Crippen molar-refractivity contribution in [1.82, 2.24) is 15.0 Å². The first-order chi connectivity index (χ1) is 15.3. The number of rotatable bonds is 6. The number of nitro benzene ring substituents is 3. The average Bonchev–Trinajstić information content (AvgIpc) is 3.24. The Balaban J connectivity index is 1.83. The lowest BCUT2D eigenvalue weighted by molar-refractivity contribution is -0.734. The first-order valence-corrected chi connectivity index (χ1v) is 8.97. The van der Waals surface area contributed by atoms with E-state index in [2.05, 4.69) is 10.2 Å². The van der Waals surface area contributed by atoms with Crippen molar-refractivity contribution in [1.29, 1.82) is 0 Å². The monoisotopic (exact) mass is 434 g/mol. The third-order valence-electron chi connectivity index (χ3n) is 4.48. The van der Waals surface area contributed by atoms with Crippen LogP contribution in [0.15, 0.2) is 72.8 Å². The minimum absolute atomic E-state index is 0.0909. The highest BCUT2D eigenvalue weighted by Gasteiger charge is 2.25. The molecule has 0 N–H and O–H groups in total. The van der Waals surface area contributed by atoms with Gasteiger partial charge in [-0.15, -0.1) is 0 Å². The van der Waals surface area contributed by atoms with E-state index in [-0.39, 0.29) is 22.9 Å². The molecular weight excluding hydrogens is 422 g/mol. The van der Waals surface area contributed by atoms with E-state index in [0.717, 1.165) is 0 Å². The normalized spacial score (nSPS) is 10.6. The van der Waals surface area contributed by atoms with Gasteiger partial charge in [-0.05, 0) is 46.3 Å². The molecule has 1 heterocycles. The summed E-state index contributed by atoms with van der Waals surface area (Å²) in [5, 5.41) is 41.7. The minimum Gasteiger partial charge on any atom is -0.258 e. The van der Waals surface area contributed by atoms with Gasteiger partial charge in [0.25, 0.3) is 17.1 Å². The zero-order chi connectivity index (χ0) is 22.8. The van der Waals surface area contributed by atoms with E-state index in [9.17, 15) is 30.3 Å². The maximum atomic E-state index is 11.0.